The second-order valence-electron chi connectivity index (χ2n) is 6.32. The molecule has 0 bridgehead atoms. The molecule has 0 radical (unpaired) electrons. The van der Waals surface area contributed by atoms with Gasteiger partial charge in [-0.1, -0.05) is 18.2 Å². The highest BCUT2D eigenvalue weighted by molar-refractivity contribution is 6.04. The number of para-hydroxylation sites is 1. The number of aromatic nitrogens is 3. The number of carbonyl (C=O) groups excluding carboxylic acids is 1. The van der Waals surface area contributed by atoms with Crippen LogP contribution in [0.3, 0.4) is 0 Å². The summed E-state index contributed by atoms with van der Waals surface area (Å²) in [6, 6.07) is 7.78. The minimum atomic E-state index is -0.203. The van der Waals surface area contributed by atoms with Crippen LogP contribution in [0, 0.1) is 0 Å². The van der Waals surface area contributed by atoms with Gasteiger partial charge in [0, 0.05) is 17.8 Å². The summed E-state index contributed by atoms with van der Waals surface area (Å²) < 4.78 is 7.27. The van der Waals surface area contributed by atoms with Crippen molar-refractivity contribution in [3.63, 3.8) is 0 Å². The topological polar surface area (TPSA) is 60.2 Å². The fraction of sp³-hybridized carbons (Fsp3) is 0.438. The molecular weight excluding hydrogens is 280 g/mol. The molecule has 2 aromatic rings. The van der Waals surface area contributed by atoms with Gasteiger partial charge in [0.2, 0.25) is 5.82 Å². The number of amides is 1. The van der Waals surface area contributed by atoms with Gasteiger partial charge in [-0.15, -0.1) is 5.10 Å². The number of carbonyl (C=O) groups is 1. The highest BCUT2D eigenvalue weighted by Gasteiger charge is 2.26. The van der Waals surface area contributed by atoms with Crippen molar-refractivity contribution in [2.75, 3.05) is 18.1 Å². The molecular formula is C16H20N4O2. The lowest BCUT2D eigenvalue weighted by Crippen LogP contribution is -2.34. The Bertz CT molecular complexity index is 687. The van der Waals surface area contributed by atoms with Crippen molar-refractivity contribution < 1.29 is 9.53 Å². The number of hydrogen-bond acceptors (Lipinski definition) is 4. The second-order valence-corrected chi connectivity index (χ2v) is 6.32. The van der Waals surface area contributed by atoms with Crippen molar-refractivity contribution in [3.8, 4) is 0 Å². The van der Waals surface area contributed by atoms with Crippen LogP contribution in [0.25, 0.3) is 0 Å². The third-order valence-corrected chi connectivity index (χ3v) is 3.61. The third kappa shape index (κ3) is 2.74. The van der Waals surface area contributed by atoms with E-state index in [4.69, 9.17) is 4.74 Å². The molecule has 1 aliphatic rings. The van der Waals surface area contributed by atoms with Crippen molar-refractivity contribution in [2.45, 2.75) is 32.9 Å². The zero-order chi connectivity index (χ0) is 15.7. The molecule has 2 heterocycles. The van der Waals surface area contributed by atoms with E-state index in [1.54, 1.807) is 15.9 Å². The summed E-state index contributed by atoms with van der Waals surface area (Å²) in [7, 11) is 0. The monoisotopic (exact) mass is 300 g/mol. The van der Waals surface area contributed by atoms with E-state index in [9.17, 15) is 4.79 Å². The largest absolute Gasteiger partial charge is 0.375 e. The Morgan fingerprint density at radius 2 is 2.05 bits per heavy atom. The lowest BCUT2D eigenvalue weighted by Gasteiger charge is -2.21. The van der Waals surface area contributed by atoms with Crippen molar-refractivity contribution in [3.05, 3.63) is 42.0 Å². The summed E-state index contributed by atoms with van der Waals surface area (Å²) in [6.07, 6.45) is 1.60. The highest BCUT2D eigenvalue weighted by atomic mass is 16.5. The van der Waals surface area contributed by atoms with Crippen molar-refractivity contribution in [2.24, 2.45) is 0 Å². The Kier molecular flexibility index (Phi) is 3.70. The number of anilines is 1. The van der Waals surface area contributed by atoms with E-state index in [1.165, 1.54) is 0 Å². The van der Waals surface area contributed by atoms with Crippen LogP contribution in [-0.2, 0) is 16.9 Å². The molecule has 0 unspecified atom stereocenters. The lowest BCUT2D eigenvalue weighted by atomic mass is 10.1. The Hall–Kier alpha value is -2.21. The van der Waals surface area contributed by atoms with Crippen LogP contribution >= 0.6 is 0 Å². The normalized spacial score (nSPS) is 15.3. The van der Waals surface area contributed by atoms with E-state index in [0.717, 1.165) is 11.3 Å². The Morgan fingerprint density at radius 1 is 1.27 bits per heavy atom. The average Bonchev–Trinajstić information content (AvgIpc) is 2.88. The molecule has 3 rings (SSSR count). The molecule has 0 saturated carbocycles. The number of hydrogen-bond donors (Lipinski definition) is 0. The standard InChI is InChI=1S/C16H20N4O2/c1-16(2,3)20-11-17-14(18-20)15(21)19-8-9-22-10-12-6-4-5-7-13(12)19/h4-7,11H,8-10H2,1-3H3. The SMILES string of the molecule is CC(C)(C)n1cnc(C(=O)N2CCOCc3ccccc32)n1. The molecule has 1 aliphatic heterocycles. The lowest BCUT2D eigenvalue weighted by molar-refractivity contribution is 0.0955. The van der Waals surface area contributed by atoms with Crippen LogP contribution in [0.15, 0.2) is 30.6 Å². The van der Waals surface area contributed by atoms with Crippen LogP contribution in [-0.4, -0.2) is 33.8 Å². The van der Waals surface area contributed by atoms with E-state index >= 15 is 0 Å². The van der Waals surface area contributed by atoms with Crippen LogP contribution in [0.2, 0.25) is 0 Å². The van der Waals surface area contributed by atoms with Gasteiger partial charge in [-0.2, -0.15) is 0 Å². The Labute approximate surface area is 129 Å². The third-order valence-electron chi connectivity index (χ3n) is 3.61. The van der Waals surface area contributed by atoms with Crippen LogP contribution < -0.4 is 4.90 Å². The summed E-state index contributed by atoms with van der Waals surface area (Å²) >= 11 is 0. The fourth-order valence-corrected chi connectivity index (χ4v) is 2.37. The maximum Gasteiger partial charge on any atom is 0.298 e. The van der Waals surface area contributed by atoms with Gasteiger partial charge in [0.25, 0.3) is 5.91 Å². The molecule has 0 fully saturated rings. The zero-order valence-corrected chi connectivity index (χ0v) is 13.1. The fourth-order valence-electron chi connectivity index (χ4n) is 2.37. The second kappa shape index (κ2) is 5.53. The molecule has 6 heteroatoms. The van der Waals surface area contributed by atoms with Crippen molar-refractivity contribution in [1.82, 2.24) is 14.8 Å². The van der Waals surface area contributed by atoms with Crippen molar-refractivity contribution in [1.29, 1.82) is 0 Å². The van der Waals surface area contributed by atoms with Gasteiger partial charge in [0.15, 0.2) is 0 Å². The van der Waals surface area contributed by atoms with Gasteiger partial charge in [0.1, 0.15) is 6.33 Å². The summed E-state index contributed by atoms with van der Waals surface area (Å²) in [4.78, 5) is 18.7. The average molecular weight is 300 g/mol. The van der Waals surface area contributed by atoms with E-state index in [1.807, 2.05) is 45.0 Å². The highest BCUT2D eigenvalue weighted by Crippen LogP contribution is 2.25. The Morgan fingerprint density at radius 3 is 2.77 bits per heavy atom. The number of fused-ring (bicyclic) bond motifs is 1. The summed E-state index contributed by atoms with van der Waals surface area (Å²) in [6.45, 7) is 7.57. The first-order valence-corrected chi connectivity index (χ1v) is 7.36. The van der Waals surface area contributed by atoms with E-state index in [2.05, 4.69) is 10.1 Å². The van der Waals surface area contributed by atoms with Gasteiger partial charge in [-0.05, 0) is 26.8 Å². The van der Waals surface area contributed by atoms with Crippen LogP contribution in [0.1, 0.15) is 37.0 Å². The minimum absolute atomic E-state index is 0.194. The molecule has 1 amide bonds. The van der Waals surface area contributed by atoms with Crippen molar-refractivity contribution >= 4 is 11.6 Å². The predicted molar refractivity (Wildman–Crippen MR) is 82.8 cm³/mol. The van der Waals surface area contributed by atoms with Gasteiger partial charge < -0.3 is 9.64 Å². The summed E-state index contributed by atoms with van der Waals surface area (Å²) in [5, 5.41) is 4.33. The number of benzene rings is 1. The molecule has 0 saturated heterocycles. The molecule has 6 nitrogen and oxygen atoms in total. The van der Waals surface area contributed by atoms with Crippen LogP contribution in [0.5, 0.6) is 0 Å². The molecule has 22 heavy (non-hydrogen) atoms. The molecule has 1 aromatic carbocycles. The maximum atomic E-state index is 12.8. The van der Waals surface area contributed by atoms with Crippen LogP contribution in [0.4, 0.5) is 5.69 Å². The van der Waals surface area contributed by atoms with E-state index in [0.29, 0.717) is 19.8 Å². The van der Waals surface area contributed by atoms with E-state index in [-0.39, 0.29) is 17.3 Å². The molecule has 1 aromatic heterocycles. The summed E-state index contributed by atoms with van der Waals surface area (Å²) in [5.74, 6) is 0.0209. The number of rotatable bonds is 1. The van der Waals surface area contributed by atoms with E-state index < -0.39 is 0 Å². The number of ether oxygens (including phenoxy) is 1. The van der Waals surface area contributed by atoms with Gasteiger partial charge in [-0.25, -0.2) is 9.67 Å². The first kappa shape index (κ1) is 14.7. The Balaban J connectivity index is 1.93. The predicted octanol–water partition coefficient (Wildman–Crippen LogP) is 2.21. The zero-order valence-electron chi connectivity index (χ0n) is 13.1. The number of nitrogens with zero attached hydrogens (tertiary/aromatic N) is 4. The quantitative estimate of drug-likeness (QED) is 0.810. The molecule has 0 N–H and O–H groups in total. The molecule has 0 spiro atoms. The smallest absolute Gasteiger partial charge is 0.298 e. The summed E-state index contributed by atoms with van der Waals surface area (Å²) in [5.41, 5.74) is 1.67. The van der Waals surface area contributed by atoms with Gasteiger partial charge in [0.05, 0.1) is 18.8 Å². The van der Waals surface area contributed by atoms with Gasteiger partial charge >= 0.3 is 0 Å². The first-order chi connectivity index (χ1) is 10.5. The van der Waals surface area contributed by atoms with Gasteiger partial charge in [-0.3, -0.25) is 4.79 Å². The minimum Gasteiger partial charge on any atom is -0.375 e. The maximum absolute atomic E-state index is 12.8. The molecule has 0 atom stereocenters. The molecule has 0 aliphatic carbocycles. The molecule has 116 valence electrons. The first-order valence-electron chi connectivity index (χ1n) is 7.36.